The number of anilines is 1. The van der Waals surface area contributed by atoms with Crippen molar-refractivity contribution in [3.63, 3.8) is 0 Å². The van der Waals surface area contributed by atoms with Crippen LogP contribution in [-0.2, 0) is 9.59 Å². The summed E-state index contributed by atoms with van der Waals surface area (Å²) >= 11 is 2.90. The number of thioether (sulfide) groups is 1. The third-order valence-electron chi connectivity index (χ3n) is 5.36. The molecule has 1 saturated heterocycles. The van der Waals surface area contributed by atoms with E-state index < -0.39 is 6.10 Å². The topological polar surface area (TPSA) is 96.9 Å². The summed E-state index contributed by atoms with van der Waals surface area (Å²) < 4.78 is 12.3. The SMILES string of the molecule is O=C(CSc1nnc(NC2CC2)s1)N1CCN(C(=O)[C@H]2COc3ccccc3O2)CC1. The number of rotatable bonds is 6. The lowest BCUT2D eigenvalue weighted by Gasteiger charge is -2.37. The monoisotopic (exact) mass is 461 g/mol. The fourth-order valence-corrected chi connectivity index (χ4v) is 5.20. The number of piperazine rings is 1. The first-order valence-electron chi connectivity index (χ1n) is 10.3. The smallest absolute Gasteiger partial charge is 0.267 e. The van der Waals surface area contributed by atoms with E-state index in [-0.39, 0.29) is 18.4 Å². The molecule has 2 aromatic rings. The number of ether oxygens (including phenoxy) is 2. The molecule has 1 aromatic carbocycles. The van der Waals surface area contributed by atoms with Gasteiger partial charge >= 0.3 is 0 Å². The Morgan fingerprint density at radius 1 is 1.10 bits per heavy atom. The highest BCUT2D eigenvalue weighted by molar-refractivity contribution is 8.01. The molecule has 31 heavy (non-hydrogen) atoms. The maximum absolute atomic E-state index is 12.8. The average molecular weight is 462 g/mol. The van der Waals surface area contributed by atoms with Gasteiger partial charge in [-0.2, -0.15) is 0 Å². The summed E-state index contributed by atoms with van der Waals surface area (Å²) in [6, 6.07) is 7.88. The van der Waals surface area contributed by atoms with Crippen molar-refractivity contribution in [3.8, 4) is 11.5 Å². The maximum atomic E-state index is 12.8. The Kier molecular flexibility index (Phi) is 5.86. The van der Waals surface area contributed by atoms with Gasteiger partial charge in [-0.1, -0.05) is 35.2 Å². The van der Waals surface area contributed by atoms with E-state index in [9.17, 15) is 9.59 Å². The van der Waals surface area contributed by atoms with E-state index in [0.29, 0.717) is 49.5 Å². The number of carbonyl (C=O) groups excluding carboxylic acids is 2. The van der Waals surface area contributed by atoms with Crippen molar-refractivity contribution in [1.29, 1.82) is 0 Å². The molecule has 1 N–H and O–H groups in total. The van der Waals surface area contributed by atoms with Crippen LogP contribution in [0.4, 0.5) is 5.13 Å². The molecule has 1 aliphatic carbocycles. The van der Waals surface area contributed by atoms with Crippen LogP contribution in [0.5, 0.6) is 11.5 Å². The van der Waals surface area contributed by atoms with Crippen LogP contribution in [-0.4, -0.2) is 82.5 Å². The molecule has 1 aromatic heterocycles. The molecule has 164 valence electrons. The molecule has 9 nitrogen and oxygen atoms in total. The Hall–Kier alpha value is -2.53. The fourth-order valence-electron chi connectivity index (χ4n) is 3.46. The minimum absolute atomic E-state index is 0.0511. The minimum atomic E-state index is -0.649. The highest BCUT2D eigenvalue weighted by Crippen LogP contribution is 2.32. The molecule has 1 saturated carbocycles. The van der Waals surface area contributed by atoms with Gasteiger partial charge in [0, 0.05) is 32.2 Å². The zero-order valence-corrected chi connectivity index (χ0v) is 18.5. The van der Waals surface area contributed by atoms with Gasteiger partial charge in [0.05, 0.1) is 5.75 Å². The van der Waals surface area contributed by atoms with Gasteiger partial charge in [0.2, 0.25) is 17.1 Å². The van der Waals surface area contributed by atoms with E-state index in [1.54, 1.807) is 15.9 Å². The molecule has 0 radical (unpaired) electrons. The van der Waals surface area contributed by atoms with Gasteiger partial charge in [-0.25, -0.2) is 0 Å². The summed E-state index contributed by atoms with van der Waals surface area (Å²) in [5, 5.41) is 12.4. The van der Waals surface area contributed by atoms with Crippen molar-refractivity contribution in [2.45, 2.75) is 29.3 Å². The average Bonchev–Trinajstić information content (AvgIpc) is 3.52. The molecular weight excluding hydrogens is 438 g/mol. The van der Waals surface area contributed by atoms with E-state index in [2.05, 4.69) is 15.5 Å². The molecule has 1 atom stereocenters. The molecule has 2 amide bonds. The Bertz CT molecular complexity index is 959. The van der Waals surface area contributed by atoms with Crippen LogP contribution in [0.1, 0.15) is 12.8 Å². The van der Waals surface area contributed by atoms with Gasteiger partial charge in [0.25, 0.3) is 5.91 Å². The molecule has 2 fully saturated rings. The Balaban J connectivity index is 1.07. The second kappa shape index (κ2) is 8.91. The highest BCUT2D eigenvalue weighted by Gasteiger charge is 2.33. The lowest BCUT2D eigenvalue weighted by molar-refractivity contribution is -0.145. The van der Waals surface area contributed by atoms with E-state index in [4.69, 9.17) is 9.47 Å². The van der Waals surface area contributed by atoms with Crippen LogP contribution in [0.2, 0.25) is 0 Å². The molecule has 0 bridgehead atoms. The van der Waals surface area contributed by atoms with Gasteiger partial charge in [-0.05, 0) is 25.0 Å². The number of amides is 2. The van der Waals surface area contributed by atoms with E-state index >= 15 is 0 Å². The number of carbonyl (C=O) groups is 2. The van der Waals surface area contributed by atoms with Gasteiger partial charge in [0.1, 0.15) is 6.61 Å². The molecule has 3 aliphatic rings. The van der Waals surface area contributed by atoms with E-state index in [0.717, 1.165) is 9.47 Å². The normalized spacial score (nSPS) is 20.5. The first-order valence-corrected chi connectivity index (χ1v) is 12.1. The van der Waals surface area contributed by atoms with Crippen LogP contribution >= 0.6 is 23.1 Å². The largest absolute Gasteiger partial charge is 0.485 e. The molecular formula is C20H23N5O4S2. The van der Waals surface area contributed by atoms with E-state index in [1.807, 2.05) is 18.2 Å². The van der Waals surface area contributed by atoms with Gasteiger partial charge in [0.15, 0.2) is 15.8 Å². The molecule has 5 rings (SSSR count). The zero-order chi connectivity index (χ0) is 21.2. The standard InChI is InChI=1S/C20H23N5O4S2/c26-17(12-30-20-23-22-19(31-20)21-13-5-6-13)24-7-9-25(10-8-24)18(27)16-11-28-14-3-1-2-4-15(14)29-16/h1-4,13,16H,5-12H2,(H,21,22)/t16-/m1/s1. The van der Waals surface area contributed by atoms with Crippen molar-refractivity contribution in [2.75, 3.05) is 43.9 Å². The molecule has 2 aliphatic heterocycles. The van der Waals surface area contributed by atoms with Gasteiger partial charge in [-0.3, -0.25) is 9.59 Å². The molecule has 3 heterocycles. The third kappa shape index (κ3) is 4.87. The second-order valence-corrected chi connectivity index (χ2v) is 9.85. The quantitative estimate of drug-likeness (QED) is 0.650. The van der Waals surface area contributed by atoms with Crippen LogP contribution in [0.25, 0.3) is 0 Å². The molecule has 0 unspecified atom stereocenters. The summed E-state index contributed by atoms with van der Waals surface area (Å²) in [6.07, 6.45) is 1.72. The number of aromatic nitrogens is 2. The number of nitrogens with one attached hydrogen (secondary N) is 1. The molecule has 0 spiro atoms. The Labute approximate surface area is 188 Å². The van der Waals surface area contributed by atoms with Crippen LogP contribution in [0, 0.1) is 0 Å². The lowest BCUT2D eigenvalue weighted by atomic mass is 10.2. The number of fused-ring (bicyclic) bond motifs is 1. The summed E-state index contributed by atoms with van der Waals surface area (Å²) in [5.74, 6) is 1.52. The lowest BCUT2D eigenvalue weighted by Crippen LogP contribution is -2.55. The summed E-state index contributed by atoms with van der Waals surface area (Å²) in [4.78, 5) is 29.0. The minimum Gasteiger partial charge on any atom is -0.485 e. The summed E-state index contributed by atoms with van der Waals surface area (Å²) in [6.45, 7) is 2.21. The Morgan fingerprint density at radius 3 is 2.61 bits per heavy atom. The highest BCUT2D eigenvalue weighted by atomic mass is 32.2. The van der Waals surface area contributed by atoms with Gasteiger partial charge < -0.3 is 24.6 Å². The van der Waals surface area contributed by atoms with Crippen molar-refractivity contribution in [2.24, 2.45) is 0 Å². The number of para-hydroxylation sites is 2. The number of hydrogen-bond donors (Lipinski definition) is 1. The predicted molar refractivity (Wildman–Crippen MR) is 117 cm³/mol. The zero-order valence-electron chi connectivity index (χ0n) is 16.9. The van der Waals surface area contributed by atoms with Crippen molar-refractivity contribution < 1.29 is 19.1 Å². The number of hydrogen-bond acceptors (Lipinski definition) is 9. The first-order chi connectivity index (χ1) is 15.2. The molecule has 11 heteroatoms. The third-order valence-corrected chi connectivity index (χ3v) is 7.33. The van der Waals surface area contributed by atoms with Crippen molar-refractivity contribution in [1.82, 2.24) is 20.0 Å². The van der Waals surface area contributed by atoms with E-state index in [1.165, 1.54) is 35.9 Å². The number of nitrogens with zero attached hydrogens (tertiary/aromatic N) is 4. The first kappa shape index (κ1) is 20.4. The van der Waals surface area contributed by atoms with Crippen LogP contribution in [0.15, 0.2) is 28.6 Å². The summed E-state index contributed by atoms with van der Waals surface area (Å²) in [5.41, 5.74) is 0. The second-order valence-electron chi connectivity index (χ2n) is 7.65. The van der Waals surface area contributed by atoms with Crippen molar-refractivity contribution >= 4 is 40.0 Å². The van der Waals surface area contributed by atoms with Crippen LogP contribution < -0.4 is 14.8 Å². The van der Waals surface area contributed by atoms with Crippen LogP contribution in [0.3, 0.4) is 0 Å². The summed E-state index contributed by atoms with van der Waals surface area (Å²) in [7, 11) is 0. The predicted octanol–water partition coefficient (Wildman–Crippen LogP) is 1.72. The maximum Gasteiger partial charge on any atom is 0.267 e. The Morgan fingerprint density at radius 2 is 1.84 bits per heavy atom. The van der Waals surface area contributed by atoms with Crippen molar-refractivity contribution in [3.05, 3.63) is 24.3 Å². The van der Waals surface area contributed by atoms with Gasteiger partial charge in [-0.15, -0.1) is 10.2 Å². The number of benzene rings is 1. The fraction of sp³-hybridized carbons (Fsp3) is 0.500.